The molecule has 0 unspecified atom stereocenters. The summed E-state index contributed by atoms with van der Waals surface area (Å²) in [6, 6.07) is 1.46. The standard InChI is InChI=1S/C16H25N3O3/c1-10(2)8-19(9-11(3)4)15-14(16(21)22)6-13(7-17-15)18-12(5)20/h6-7,10-11H,8-9H2,1-5H3,(H,18,20)(H,21,22). The number of carbonyl (C=O) groups is 2. The molecule has 0 radical (unpaired) electrons. The molecule has 1 rings (SSSR count). The molecular formula is C16H25N3O3. The second-order valence-corrected chi connectivity index (χ2v) is 6.27. The molecule has 1 amide bonds. The van der Waals surface area contributed by atoms with Gasteiger partial charge in [0.05, 0.1) is 11.9 Å². The summed E-state index contributed by atoms with van der Waals surface area (Å²) in [7, 11) is 0. The summed E-state index contributed by atoms with van der Waals surface area (Å²) >= 11 is 0. The minimum atomic E-state index is -1.05. The third-order valence-corrected chi connectivity index (χ3v) is 2.89. The van der Waals surface area contributed by atoms with Gasteiger partial charge < -0.3 is 15.3 Å². The molecule has 22 heavy (non-hydrogen) atoms. The van der Waals surface area contributed by atoms with Crippen molar-refractivity contribution in [3.63, 3.8) is 0 Å². The molecule has 6 nitrogen and oxygen atoms in total. The van der Waals surface area contributed by atoms with Crippen LogP contribution < -0.4 is 10.2 Å². The van der Waals surface area contributed by atoms with E-state index in [9.17, 15) is 14.7 Å². The van der Waals surface area contributed by atoms with Crippen LogP contribution >= 0.6 is 0 Å². The second kappa shape index (κ2) is 7.77. The lowest BCUT2D eigenvalue weighted by atomic mass is 10.1. The zero-order valence-corrected chi connectivity index (χ0v) is 13.9. The van der Waals surface area contributed by atoms with Crippen molar-refractivity contribution in [2.75, 3.05) is 23.3 Å². The average molecular weight is 307 g/mol. The Labute approximate surface area is 131 Å². The van der Waals surface area contributed by atoms with Gasteiger partial charge in [0.15, 0.2) is 0 Å². The first-order chi connectivity index (χ1) is 10.2. The van der Waals surface area contributed by atoms with Gasteiger partial charge in [0.1, 0.15) is 11.4 Å². The minimum Gasteiger partial charge on any atom is -0.478 e. The van der Waals surface area contributed by atoms with E-state index in [2.05, 4.69) is 38.0 Å². The molecule has 0 aromatic carbocycles. The fraction of sp³-hybridized carbons (Fsp3) is 0.562. The van der Waals surface area contributed by atoms with E-state index >= 15 is 0 Å². The quantitative estimate of drug-likeness (QED) is 0.809. The number of rotatable bonds is 7. The van der Waals surface area contributed by atoms with Gasteiger partial charge in [-0.3, -0.25) is 4.79 Å². The number of amides is 1. The molecule has 0 aliphatic heterocycles. The van der Waals surface area contributed by atoms with Crippen molar-refractivity contribution in [3.8, 4) is 0 Å². The summed E-state index contributed by atoms with van der Waals surface area (Å²) in [6.07, 6.45) is 1.50. The van der Waals surface area contributed by atoms with E-state index in [1.165, 1.54) is 19.2 Å². The summed E-state index contributed by atoms with van der Waals surface area (Å²) in [4.78, 5) is 28.9. The number of pyridine rings is 1. The zero-order valence-electron chi connectivity index (χ0n) is 13.9. The first kappa shape index (κ1) is 17.9. The van der Waals surface area contributed by atoms with Crippen LogP contribution in [0.15, 0.2) is 12.3 Å². The van der Waals surface area contributed by atoms with E-state index in [1.807, 2.05) is 4.90 Å². The summed E-state index contributed by atoms with van der Waals surface area (Å²) in [6.45, 7) is 11.2. The lowest BCUT2D eigenvalue weighted by Gasteiger charge is -2.28. The van der Waals surface area contributed by atoms with Gasteiger partial charge in [0, 0.05) is 20.0 Å². The number of carboxylic acids is 1. The van der Waals surface area contributed by atoms with Crippen LogP contribution in [0.3, 0.4) is 0 Å². The van der Waals surface area contributed by atoms with Gasteiger partial charge in [0.2, 0.25) is 5.91 Å². The highest BCUT2D eigenvalue weighted by Crippen LogP contribution is 2.23. The van der Waals surface area contributed by atoms with Crippen LogP contribution in [0.1, 0.15) is 45.0 Å². The molecule has 1 aromatic heterocycles. The smallest absolute Gasteiger partial charge is 0.339 e. The highest BCUT2D eigenvalue weighted by atomic mass is 16.4. The molecule has 0 saturated heterocycles. The zero-order chi connectivity index (χ0) is 16.9. The first-order valence-corrected chi connectivity index (χ1v) is 7.46. The van der Waals surface area contributed by atoms with Gasteiger partial charge in [-0.15, -0.1) is 0 Å². The topological polar surface area (TPSA) is 82.5 Å². The maximum atomic E-state index is 11.6. The predicted octanol–water partition coefficient (Wildman–Crippen LogP) is 2.86. The highest BCUT2D eigenvalue weighted by Gasteiger charge is 2.20. The monoisotopic (exact) mass is 307 g/mol. The Morgan fingerprint density at radius 2 is 1.77 bits per heavy atom. The van der Waals surface area contributed by atoms with Gasteiger partial charge in [-0.25, -0.2) is 9.78 Å². The van der Waals surface area contributed by atoms with Gasteiger partial charge in [-0.05, 0) is 17.9 Å². The van der Waals surface area contributed by atoms with Crippen molar-refractivity contribution < 1.29 is 14.7 Å². The average Bonchev–Trinajstić information content (AvgIpc) is 2.35. The number of hydrogen-bond donors (Lipinski definition) is 2. The van der Waals surface area contributed by atoms with Crippen LogP contribution in [0.25, 0.3) is 0 Å². The number of aromatic carboxylic acids is 1. The van der Waals surface area contributed by atoms with Crippen LogP contribution in [0.4, 0.5) is 11.5 Å². The molecule has 1 aromatic rings. The van der Waals surface area contributed by atoms with Gasteiger partial charge in [0.25, 0.3) is 0 Å². The fourth-order valence-electron chi connectivity index (χ4n) is 2.27. The number of carboxylic acid groups (broad SMARTS) is 1. The Hall–Kier alpha value is -2.11. The SMILES string of the molecule is CC(=O)Nc1cnc(N(CC(C)C)CC(C)C)c(C(=O)O)c1. The molecule has 2 N–H and O–H groups in total. The second-order valence-electron chi connectivity index (χ2n) is 6.27. The third-order valence-electron chi connectivity index (χ3n) is 2.89. The van der Waals surface area contributed by atoms with E-state index in [0.29, 0.717) is 23.3 Å². The van der Waals surface area contributed by atoms with Gasteiger partial charge in [-0.1, -0.05) is 27.7 Å². The Bertz CT molecular complexity index is 531. The molecule has 1 heterocycles. The third kappa shape index (κ3) is 5.35. The van der Waals surface area contributed by atoms with Crippen molar-refractivity contribution in [1.82, 2.24) is 4.98 Å². The Kier molecular flexibility index (Phi) is 6.34. The van der Waals surface area contributed by atoms with Crippen LogP contribution in [-0.2, 0) is 4.79 Å². The lowest BCUT2D eigenvalue weighted by Crippen LogP contribution is -2.33. The van der Waals surface area contributed by atoms with Crippen LogP contribution in [0.2, 0.25) is 0 Å². The van der Waals surface area contributed by atoms with Crippen molar-refractivity contribution in [3.05, 3.63) is 17.8 Å². The predicted molar refractivity (Wildman–Crippen MR) is 87.4 cm³/mol. The van der Waals surface area contributed by atoms with Crippen LogP contribution in [0.5, 0.6) is 0 Å². The maximum Gasteiger partial charge on any atom is 0.339 e. The molecule has 0 atom stereocenters. The molecule has 0 saturated carbocycles. The number of nitrogens with one attached hydrogen (secondary N) is 1. The van der Waals surface area contributed by atoms with Crippen molar-refractivity contribution in [2.24, 2.45) is 11.8 Å². The number of carbonyl (C=O) groups excluding carboxylic acids is 1. The van der Waals surface area contributed by atoms with Gasteiger partial charge in [-0.2, -0.15) is 0 Å². The van der Waals surface area contributed by atoms with Crippen molar-refractivity contribution >= 4 is 23.4 Å². The molecule has 0 bridgehead atoms. The Morgan fingerprint density at radius 3 is 2.18 bits per heavy atom. The normalized spacial score (nSPS) is 10.9. The van der Waals surface area contributed by atoms with E-state index in [4.69, 9.17) is 0 Å². The molecule has 0 aliphatic rings. The minimum absolute atomic E-state index is 0.104. The molecule has 122 valence electrons. The van der Waals surface area contributed by atoms with E-state index < -0.39 is 5.97 Å². The van der Waals surface area contributed by atoms with E-state index in [1.54, 1.807) is 0 Å². The summed E-state index contributed by atoms with van der Waals surface area (Å²) in [5, 5.41) is 12.0. The summed E-state index contributed by atoms with van der Waals surface area (Å²) in [5.41, 5.74) is 0.496. The molecule has 0 aliphatic carbocycles. The van der Waals surface area contributed by atoms with Crippen LogP contribution in [0, 0.1) is 11.8 Å². The number of nitrogens with zero attached hydrogens (tertiary/aromatic N) is 2. The summed E-state index contributed by atoms with van der Waals surface area (Å²) < 4.78 is 0. The molecular weight excluding hydrogens is 282 g/mol. The van der Waals surface area contributed by atoms with Crippen molar-refractivity contribution in [2.45, 2.75) is 34.6 Å². The van der Waals surface area contributed by atoms with Crippen LogP contribution in [-0.4, -0.2) is 35.1 Å². The summed E-state index contributed by atoms with van der Waals surface area (Å²) in [5.74, 6) is -0.0854. The highest BCUT2D eigenvalue weighted by molar-refractivity contribution is 5.96. The fourth-order valence-corrected chi connectivity index (χ4v) is 2.27. The number of anilines is 2. The largest absolute Gasteiger partial charge is 0.478 e. The number of aromatic nitrogens is 1. The Morgan fingerprint density at radius 1 is 1.23 bits per heavy atom. The number of hydrogen-bond acceptors (Lipinski definition) is 4. The maximum absolute atomic E-state index is 11.6. The van der Waals surface area contributed by atoms with Crippen molar-refractivity contribution in [1.29, 1.82) is 0 Å². The first-order valence-electron chi connectivity index (χ1n) is 7.46. The van der Waals surface area contributed by atoms with E-state index in [0.717, 1.165) is 13.1 Å². The molecule has 6 heteroatoms. The Balaban J connectivity index is 3.22. The lowest BCUT2D eigenvalue weighted by molar-refractivity contribution is -0.114. The molecule has 0 fully saturated rings. The molecule has 0 spiro atoms. The van der Waals surface area contributed by atoms with E-state index in [-0.39, 0.29) is 11.5 Å². The van der Waals surface area contributed by atoms with Gasteiger partial charge >= 0.3 is 5.97 Å².